The normalized spacial score (nSPS) is 10.4. The molecule has 0 unspecified atom stereocenters. The molecule has 0 aliphatic rings. The van der Waals surface area contributed by atoms with Crippen LogP contribution in [0.4, 0.5) is 5.69 Å². The van der Waals surface area contributed by atoms with Crippen molar-refractivity contribution in [3.05, 3.63) is 21.6 Å². The van der Waals surface area contributed by atoms with Crippen LogP contribution in [0.5, 0.6) is 0 Å². The molecule has 0 fully saturated rings. The lowest BCUT2D eigenvalue weighted by Crippen LogP contribution is -2.26. The molecule has 0 spiro atoms. The summed E-state index contributed by atoms with van der Waals surface area (Å²) in [7, 11) is 3.40. The molecule has 1 aromatic rings. The van der Waals surface area contributed by atoms with E-state index < -0.39 is 0 Å². The number of amides is 1. The minimum Gasteiger partial charge on any atom is -0.382 e. The van der Waals surface area contributed by atoms with E-state index in [0.717, 1.165) is 12.8 Å². The molecule has 1 N–H and O–H groups in total. The number of unbranched alkanes of at least 4 members (excludes halogenated alkanes) is 1. The third-order valence-electron chi connectivity index (χ3n) is 2.86. The molecule has 0 bridgehead atoms. The lowest BCUT2D eigenvalue weighted by atomic mass is 10.3. The number of rotatable bonds is 7. The number of nitrogens with zero attached hydrogens (tertiary/aromatic N) is 3. The molecule has 1 heterocycles. The van der Waals surface area contributed by atoms with Crippen LogP contribution < -0.4 is 10.9 Å². The fourth-order valence-electron chi connectivity index (χ4n) is 1.58. The number of carbonyl (C=O) groups excluding carboxylic acids is 1. The van der Waals surface area contributed by atoms with Crippen LogP contribution in [-0.2, 0) is 11.3 Å². The molecule has 20 heavy (non-hydrogen) atoms. The minimum atomic E-state index is -0.302. The molecule has 1 amide bonds. The van der Waals surface area contributed by atoms with Crippen molar-refractivity contribution in [3.63, 3.8) is 0 Å². The number of nitrogens with one attached hydrogen (secondary N) is 1. The Balaban J connectivity index is 2.66. The van der Waals surface area contributed by atoms with E-state index in [2.05, 4.69) is 10.4 Å². The fraction of sp³-hybridized carbons (Fsp3) is 0.615. The van der Waals surface area contributed by atoms with Gasteiger partial charge >= 0.3 is 0 Å². The van der Waals surface area contributed by atoms with Crippen LogP contribution >= 0.6 is 11.6 Å². The van der Waals surface area contributed by atoms with E-state index in [9.17, 15) is 9.59 Å². The second kappa shape index (κ2) is 7.89. The van der Waals surface area contributed by atoms with Gasteiger partial charge in [0.2, 0.25) is 5.91 Å². The number of hydrogen-bond acceptors (Lipinski definition) is 4. The van der Waals surface area contributed by atoms with Crippen molar-refractivity contribution in [1.82, 2.24) is 14.7 Å². The van der Waals surface area contributed by atoms with Crippen molar-refractivity contribution in [2.45, 2.75) is 32.7 Å². The molecule has 112 valence electrons. The van der Waals surface area contributed by atoms with E-state index in [0.29, 0.717) is 25.2 Å². The molecule has 7 heteroatoms. The number of anilines is 1. The first-order valence-corrected chi connectivity index (χ1v) is 7.04. The Labute approximate surface area is 123 Å². The van der Waals surface area contributed by atoms with Crippen LogP contribution in [0.1, 0.15) is 26.2 Å². The van der Waals surface area contributed by atoms with Gasteiger partial charge < -0.3 is 10.2 Å². The predicted molar refractivity (Wildman–Crippen MR) is 80.2 cm³/mol. The number of halogens is 1. The zero-order chi connectivity index (χ0) is 15.1. The number of aromatic nitrogens is 2. The molecule has 1 aromatic heterocycles. The molecular formula is C13H21ClN4O2. The highest BCUT2D eigenvalue weighted by Gasteiger charge is 2.09. The topological polar surface area (TPSA) is 67.2 Å². The first kappa shape index (κ1) is 16.5. The summed E-state index contributed by atoms with van der Waals surface area (Å²) in [6, 6.07) is 0. The van der Waals surface area contributed by atoms with Gasteiger partial charge in [-0.15, -0.1) is 0 Å². The van der Waals surface area contributed by atoms with Gasteiger partial charge in [-0.3, -0.25) is 9.59 Å². The monoisotopic (exact) mass is 300 g/mol. The Kier molecular flexibility index (Phi) is 6.51. The van der Waals surface area contributed by atoms with Crippen molar-refractivity contribution in [1.29, 1.82) is 0 Å². The molecular weight excluding hydrogens is 280 g/mol. The summed E-state index contributed by atoms with van der Waals surface area (Å²) >= 11 is 6.02. The van der Waals surface area contributed by atoms with Gasteiger partial charge in [-0.1, -0.05) is 24.9 Å². The van der Waals surface area contributed by atoms with Crippen LogP contribution in [0.15, 0.2) is 11.0 Å². The number of hydrogen-bond donors (Lipinski definition) is 1. The van der Waals surface area contributed by atoms with Gasteiger partial charge in [-0.25, -0.2) is 4.68 Å². The first-order chi connectivity index (χ1) is 9.47. The van der Waals surface area contributed by atoms with Gasteiger partial charge in [0.05, 0.1) is 11.9 Å². The van der Waals surface area contributed by atoms with Gasteiger partial charge in [-0.2, -0.15) is 5.10 Å². The summed E-state index contributed by atoms with van der Waals surface area (Å²) in [5.74, 6) is 0.0119. The Bertz CT molecular complexity index is 514. The summed E-state index contributed by atoms with van der Waals surface area (Å²) in [6.45, 7) is 3.02. The van der Waals surface area contributed by atoms with E-state index in [4.69, 9.17) is 11.6 Å². The number of aryl methyl sites for hydroxylation is 1. The first-order valence-electron chi connectivity index (χ1n) is 6.67. The van der Waals surface area contributed by atoms with Gasteiger partial charge in [0.15, 0.2) is 0 Å². The zero-order valence-electron chi connectivity index (χ0n) is 12.1. The third-order valence-corrected chi connectivity index (χ3v) is 3.23. The van der Waals surface area contributed by atoms with Crippen LogP contribution in [0.25, 0.3) is 0 Å². The molecule has 0 atom stereocenters. The standard InChI is InChI=1S/C13H21ClN4O2/c1-4-5-8-18-13(20)12(14)10(9-16-18)15-7-6-11(19)17(2)3/h9,15H,4-8H2,1-3H3. The summed E-state index contributed by atoms with van der Waals surface area (Å²) in [4.78, 5) is 24.9. The highest BCUT2D eigenvalue weighted by Crippen LogP contribution is 2.15. The molecule has 1 rings (SSSR count). The van der Waals surface area contributed by atoms with E-state index in [1.54, 1.807) is 14.1 Å². The Morgan fingerprint density at radius 3 is 2.80 bits per heavy atom. The Morgan fingerprint density at radius 2 is 2.20 bits per heavy atom. The zero-order valence-corrected chi connectivity index (χ0v) is 12.9. The molecule has 0 aliphatic carbocycles. The van der Waals surface area contributed by atoms with Crippen LogP contribution in [0.2, 0.25) is 5.02 Å². The van der Waals surface area contributed by atoms with E-state index in [1.807, 2.05) is 6.92 Å². The lowest BCUT2D eigenvalue weighted by Gasteiger charge is -2.12. The maximum absolute atomic E-state index is 12.0. The summed E-state index contributed by atoms with van der Waals surface area (Å²) in [6.07, 6.45) is 3.73. The minimum absolute atomic E-state index is 0.0119. The summed E-state index contributed by atoms with van der Waals surface area (Å²) < 4.78 is 1.36. The van der Waals surface area contributed by atoms with E-state index >= 15 is 0 Å². The SMILES string of the molecule is CCCCn1ncc(NCCC(=O)N(C)C)c(Cl)c1=O. The van der Waals surface area contributed by atoms with Gasteiger partial charge in [-0.05, 0) is 6.42 Å². The van der Waals surface area contributed by atoms with Gasteiger partial charge in [0.1, 0.15) is 5.02 Å². The molecule has 0 aromatic carbocycles. The van der Waals surface area contributed by atoms with Gasteiger partial charge in [0.25, 0.3) is 5.56 Å². The van der Waals surface area contributed by atoms with Crippen molar-refractivity contribution in [2.75, 3.05) is 26.0 Å². The fourth-order valence-corrected chi connectivity index (χ4v) is 1.80. The average Bonchev–Trinajstić information content (AvgIpc) is 2.42. The van der Waals surface area contributed by atoms with Crippen LogP contribution in [0, 0.1) is 0 Å². The quantitative estimate of drug-likeness (QED) is 0.830. The second-order valence-corrected chi connectivity index (χ2v) is 5.10. The van der Waals surface area contributed by atoms with E-state index in [1.165, 1.54) is 15.8 Å². The van der Waals surface area contributed by atoms with Crippen LogP contribution in [0.3, 0.4) is 0 Å². The van der Waals surface area contributed by atoms with Crippen molar-refractivity contribution in [3.8, 4) is 0 Å². The molecule has 0 radical (unpaired) electrons. The smallest absolute Gasteiger partial charge is 0.287 e. The van der Waals surface area contributed by atoms with Gasteiger partial charge in [0, 0.05) is 33.6 Å². The lowest BCUT2D eigenvalue weighted by molar-refractivity contribution is -0.128. The van der Waals surface area contributed by atoms with Crippen molar-refractivity contribution < 1.29 is 4.79 Å². The molecule has 0 aliphatic heterocycles. The summed E-state index contributed by atoms with van der Waals surface area (Å²) in [5.41, 5.74) is 0.167. The average molecular weight is 301 g/mol. The second-order valence-electron chi connectivity index (χ2n) is 4.72. The van der Waals surface area contributed by atoms with Crippen LogP contribution in [-0.4, -0.2) is 41.2 Å². The molecule has 0 saturated carbocycles. The Hall–Kier alpha value is -1.56. The van der Waals surface area contributed by atoms with Crippen molar-refractivity contribution >= 4 is 23.2 Å². The third kappa shape index (κ3) is 4.52. The molecule has 0 saturated heterocycles. The highest BCUT2D eigenvalue weighted by molar-refractivity contribution is 6.32. The van der Waals surface area contributed by atoms with Crippen molar-refractivity contribution in [2.24, 2.45) is 0 Å². The maximum Gasteiger partial charge on any atom is 0.287 e. The van der Waals surface area contributed by atoms with E-state index in [-0.39, 0.29) is 16.5 Å². The molecule has 6 nitrogen and oxygen atoms in total. The number of carbonyl (C=O) groups is 1. The largest absolute Gasteiger partial charge is 0.382 e. The summed E-state index contributed by atoms with van der Waals surface area (Å²) in [5, 5.41) is 7.16. The predicted octanol–water partition coefficient (Wildman–Crippen LogP) is 1.59. The highest BCUT2D eigenvalue weighted by atomic mass is 35.5. The maximum atomic E-state index is 12.0. The Morgan fingerprint density at radius 1 is 1.50 bits per heavy atom.